The average Bonchev–Trinajstić information content (AvgIpc) is 2.60. The monoisotopic (exact) mass is 239 g/mol. The molecule has 1 N–H and O–H groups in total. The van der Waals surface area contributed by atoms with E-state index < -0.39 is 5.97 Å². The second kappa shape index (κ2) is 4.60. The Hall–Kier alpha value is -0.570. The minimum Gasteiger partial charge on any atom is -0.480 e. The summed E-state index contributed by atoms with van der Waals surface area (Å²) in [5.74, 6) is -0.317. The predicted octanol–water partition coefficient (Wildman–Crippen LogP) is 2.75. The maximum atomic E-state index is 11.4. The predicted molar refractivity (Wildman–Crippen MR) is 67.9 cm³/mol. The molecule has 2 unspecified atom stereocenters. The van der Waals surface area contributed by atoms with Crippen molar-refractivity contribution in [2.45, 2.75) is 65.0 Å². The highest BCUT2D eigenvalue weighted by Crippen LogP contribution is 2.39. The molecule has 2 rings (SSSR count). The Morgan fingerprint density at radius 2 is 1.82 bits per heavy atom. The summed E-state index contributed by atoms with van der Waals surface area (Å²) in [7, 11) is 0. The first-order chi connectivity index (χ1) is 7.91. The zero-order valence-corrected chi connectivity index (χ0v) is 11.3. The van der Waals surface area contributed by atoms with Crippen LogP contribution in [0.3, 0.4) is 0 Å². The SMILES string of the molecule is CC1CCN(C2CCC(C)(C)CC2)C1C(=O)O. The van der Waals surface area contributed by atoms with Gasteiger partial charge in [-0.1, -0.05) is 20.8 Å². The van der Waals surface area contributed by atoms with Crippen LogP contribution in [0, 0.1) is 11.3 Å². The topological polar surface area (TPSA) is 40.5 Å². The van der Waals surface area contributed by atoms with Crippen LogP contribution in [0.15, 0.2) is 0 Å². The van der Waals surface area contributed by atoms with Gasteiger partial charge in [-0.3, -0.25) is 9.69 Å². The van der Waals surface area contributed by atoms with Crippen molar-refractivity contribution < 1.29 is 9.90 Å². The zero-order valence-electron chi connectivity index (χ0n) is 11.3. The molecule has 0 aromatic heterocycles. The molecule has 98 valence electrons. The number of rotatable bonds is 2. The van der Waals surface area contributed by atoms with Crippen molar-refractivity contribution in [1.82, 2.24) is 4.90 Å². The van der Waals surface area contributed by atoms with Crippen LogP contribution in [0.5, 0.6) is 0 Å². The Labute approximate surface area is 104 Å². The van der Waals surface area contributed by atoms with Gasteiger partial charge in [0.25, 0.3) is 0 Å². The van der Waals surface area contributed by atoms with Gasteiger partial charge in [-0.2, -0.15) is 0 Å². The molecule has 0 amide bonds. The van der Waals surface area contributed by atoms with Crippen molar-refractivity contribution >= 4 is 5.97 Å². The molecule has 1 saturated carbocycles. The number of likely N-dealkylation sites (tertiary alicyclic amines) is 1. The quantitative estimate of drug-likeness (QED) is 0.805. The van der Waals surface area contributed by atoms with Crippen molar-refractivity contribution in [1.29, 1.82) is 0 Å². The number of nitrogens with zero attached hydrogens (tertiary/aromatic N) is 1. The normalized spacial score (nSPS) is 35.0. The van der Waals surface area contributed by atoms with Crippen LogP contribution < -0.4 is 0 Å². The molecule has 17 heavy (non-hydrogen) atoms. The number of carboxylic acid groups (broad SMARTS) is 1. The molecule has 3 nitrogen and oxygen atoms in total. The summed E-state index contributed by atoms with van der Waals surface area (Å²) in [6, 6.07) is 0.273. The average molecular weight is 239 g/mol. The summed E-state index contributed by atoms with van der Waals surface area (Å²) >= 11 is 0. The highest BCUT2D eigenvalue weighted by molar-refractivity contribution is 5.74. The number of carbonyl (C=O) groups is 1. The molecular formula is C14H25NO2. The Morgan fingerprint density at radius 1 is 1.24 bits per heavy atom. The molecule has 1 saturated heterocycles. The summed E-state index contributed by atoms with van der Waals surface area (Å²) < 4.78 is 0. The lowest BCUT2D eigenvalue weighted by molar-refractivity contribution is -0.144. The standard InChI is InChI=1S/C14H25NO2/c1-10-6-9-15(12(10)13(16)17)11-4-7-14(2,3)8-5-11/h10-12H,4-9H2,1-3H3,(H,16,17). The minimum absolute atomic E-state index is 0.235. The number of carboxylic acids is 1. The fraction of sp³-hybridized carbons (Fsp3) is 0.929. The first-order valence-corrected chi connectivity index (χ1v) is 6.89. The Morgan fingerprint density at radius 3 is 2.35 bits per heavy atom. The fourth-order valence-corrected chi connectivity index (χ4v) is 3.49. The number of hydrogen-bond acceptors (Lipinski definition) is 2. The van der Waals surface area contributed by atoms with E-state index in [-0.39, 0.29) is 6.04 Å². The van der Waals surface area contributed by atoms with Gasteiger partial charge in [-0.25, -0.2) is 0 Å². The molecule has 0 aromatic rings. The summed E-state index contributed by atoms with van der Waals surface area (Å²) in [5.41, 5.74) is 0.459. The van der Waals surface area contributed by atoms with E-state index in [4.69, 9.17) is 0 Å². The van der Waals surface area contributed by atoms with Crippen molar-refractivity contribution in [3.63, 3.8) is 0 Å². The van der Waals surface area contributed by atoms with E-state index in [1.54, 1.807) is 0 Å². The van der Waals surface area contributed by atoms with Crippen LogP contribution in [-0.4, -0.2) is 34.6 Å². The fourth-order valence-electron chi connectivity index (χ4n) is 3.49. The van der Waals surface area contributed by atoms with Crippen molar-refractivity contribution in [3.8, 4) is 0 Å². The van der Waals surface area contributed by atoms with Crippen LogP contribution in [0.4, 0.5) is 0 Å². The molecule has 2 fully saturated rings. The van der Waals surface area contributed by atoms with Gasteiger partial charge in [0, 0.05) is 6.04 Å². The number of hydrogen-bond donors (Lipinski definition) is 1. The van der Waals surface area contributed by atoms with Gasteiger partial charge in [0.15, 0.2) is 0 Å². The van der Waals surface area contributed by atoms with Crippen LogP contribution >= 0.6 is 0 Å². The molecule has 0 spiro atoms. The van der Waals surface area contributed by atoms with Gasteiger partial charge < -0.3 is 5.11 Å². The smallest absolute Gasteiger partial charge is 0.321 e. The van der Waals surface area contributed by atoms with Gasteiger partial charge in [0.1, 0.15) is 6.04 Å². The van der Waals surface area contributed by atoms with E-state index in [1.165, 1.54) is 25.7 Å². The summed E-state index contributed by atoms with van der Waals surface area (Å²) in [4.78, 5) is 13.6. The number of aliphatic carboxylic acids is 1. The molecular weight excluding hydrogens is 214 g/mol. The van der Waals surface area contributed by atoms with Gasteiger partial charge in [-0.15, -0.1) is 0 Å². The molecule has 0 aromatic carbocycles. The van der Waals surface area contributed by atoms with Crippen LogP contribution in [0.2, 0.25) is 0 Å². The lowest BCUT2D eigenvalue weighted by atomic mass is 9.75. The highest BCUT2D eigenvalue weighted by atomic mass is 16.4. The van der Waals surface area contributed by atoms with E-state index in [9.17, 15) is 9.90 Å². The molecule has 3 heteroatoms. The van der Waals surface area contributed by atoms with E-state index in [1.807, 2.05) is 0 Å². The van der Waals surface area contributed by atoms with Crippen LogP contribution in [-0.2, 0) is 4.79 Å². The highest BCUT2D eigenvalue weighted by Gasteiger charge is 2.41. The first kappa shape index (κ1) is 12.9. The molecule has 1 aliphatic carbocycles. The Kier molecular flexibility index (Phi) is 3.48. The third-order valence-corrected chi connectivity index (χ3v) is 4.77. The molecule has 0 bridgehead atoms. The van der Waals surface area contributed by atoms with Crippen LogP contribution in [0.25, 0.3) is 0 Å². The van der Waals surface area contributed by atoms with Crippen molar-refractivity contribution in [2.75, 3.05) is 6.54 Å². The van der Waals surface area contributed by atoms with Gasteiger partial charge in [0.2, 0.25) is 0 Å². The molecule has 1 heterocycles. The minimum atomic E-state index is -0.625. The second-order valence-electron chi connectivity index (χ2n) is 6.68. The van der Waals surface area contributed by atoms with E-state index in [0.717, 1.165) is 13.0 Å². The molecule has 2 atom stereocenters. The zero-order chi connectivity index (χ0) is 12.6. The summed E-state index contributed by atoms with van der Waals surface area (Å²) in [5, 5.41) is 9.35. The van der Waals surface area contributed by atoms with Gasteiger partial charge in [0.05, 0.1) is 0 Å². The summed E-state index contributed by atoms with van der Waals surface area (Å²) in [6.45, 7) is 7.70. The van der Waals surface area contributed by atoms with Crippen molar-refractivity contribution in [2.24, 2.45) is 11.3 Å². The Balaban J connectivity index is 2.01. The van der Waals surface area contributed by atoms with Gasteiger partial charge >= 0.3 is 5.97 Å². The second-order valence-corrected chi connectivity index (χ2v) is 6.68. The van der Waals surface area contributed by atoms with E-state index >= 15 is 0 Å². The molecule has 0 radical (unpaired) electrons. The molecule has 1 aliphatic heterocycles. The summed E-state index contributed by atoms with van der Waals surface area (Å²) in [6.07, 6.45) is 5.84. The Bertz CT molecular complexity index is 291. The lowest BCUT2D eigenvalue weighted by Gasteiger charge is -2.40. The maximum Gasteiger partial charge on any atom is 0.321 e. The van der Waals surface area contributed by atoms with Crippen molar-refractivity contribution in [3.05, 3.63) is 0 Å². The van der Waals surface area contributed by atoms with Crippen LogP contribution in [0.1, 0.15) is 52.9 Å². The largest absolute Gasteiger partial charge is 0.480 e. The van der Waals surface area contributed by atoms with Gasteiger partial charge in [-0.05, 0) is 50.0 Å². The third-order valence-electron chi connectivity index (χ3n) is 4.77. The first-order valence-electron chi connectivity index (χ1n) is 6.89. The third kappa shape index (κ3) is 2.65. The van der Waals surface area contributed by atoms with E-state index in [0.29, 0.717) is 17.4 Å². The molecule has 2 aliphatic rings. The lowest BCUT2D eigenvalue weighted by Crippen LogP contribution is -2.47. The maximum absolute atomic E-state index is 11.4. The van der Waals surface area contributed by atoms with E-state index in [2.05, 4.69) is 25.7 Å².